The van der Waals surface area contributed by atoms with E-state index in [1.165, 1.54) is 31.2 Å². The molecular weight excluding hydrogens is 266 g/mol. The summed E-state index contributed by atoms with van der Waals surface area (Å²) < 4.78 is 4.35. The number of hydrogen-bond acceptors (Lipinski definition) is 6. The van der Waals surface area contributed by atoms with Crippen LogP contribution in [0.1, 0.15) is 23.7 Å². The molecule has 0 radical (unpaired) electrons. The van der Waals surface area contributed by atoms with Crippen LogP contribution < -0.4 is 0 Å². The SMILES string of the molecule is COC(=O)CC(=O)C(C)C(=O)c1ccc([N+](=O)[O-])cc1. The number of nitrogens with zero attached hydrogens (tertiary/aromatic N) is 1. The molecule has 7 nitrogen and oxygen atoms in total. The van der Waals surface area contributed by atoms with Gasteiger partial charge < -0.3 is 4.74 Å². The monoisotopic (exact) mass is 279 g/mol. The van der Waals surface area contributed by atoms with Crippen molar-refractivity contribution in [1.82, 2.24) is 0 Å². The lowest BCUT2D eigenvalue weighted by Crippen LogP contribution is -2.24. The molecule has 1 unspecified atom stereocenters. The van der Waals surface area contributed by atoms with Crippen molar-refractivity contribution in [2.75, 3.05) is 7.11 Å². The van der Waals surface area contributed by atoms with Gasteiger partial charge in [0.2, 0.25) is 0 Å². The van der Waals surface area contributed by atoms with Gasteiger partial charge in [-0.15, -0.1) is 0 Å². The number of benzene rings is 1. The summed E-state index contributed by atoms with van der Waals surface area (Å²) in [7, 11) is 1.15. The fourth-order valence-corrected chi connectivity index (χ4v) is 1.51. The van der Waals surface area contributed by atoms with E-state index in [1.54, 1.807) is 0 Å². The number of nitro benzene ring substituents is 1. The Hall–Kier alpha value is -2.57. The standard InChI is InChI=1S/C13H13NO6/c1-8(11(15)7-12(16)20-2)13(17)9-3-5-10(6-4-9)14(18)19/h3-6,8H,7H2,1-2H3. The molecule has 0 fully saturated rings. The van der Waals surface area contributed by atoms with E-state index in [9.17, 15) is 24.5 Å². The van der Waals surface area contributed by atoms with E-state index in [0.717, 1.165) is 7.11 Å². The Morgan fingerprint density at radius 3 is 2.25 bits per heavy atom. The normalized spacial score (nSPS) is 11.5. The van der Waals surface area contributed by atoms with Gasteiger partial charge >= 0.3 is 5.97 Å². The second-order valence-corrected chi connectivity index (χ2v) is 4.11. The number of Topliss-reactive ketones (excluding diaryl/α,β-unsaturated/α-hetero) is 2. The van der Waals surface area contributed by atoms with E-state index in [0.29, 0.717) is 0 Å². The van der Waals surface area contributed by atoms with Crippen molar-refractivity contribution >= 4 is 23.2 Å². The van der Waals surface area contributed by atoms with Gasteiger partial charge in [-0.2, -0.15) is 0 Å². The minimum absolute atomic E-state index is 0.143. The van der Waals surface area contributed by atoms with Crippen molar-refractivity contribution in [2.45, 2.75) is 13.3 Å². The number of esters is 1. The Morgan fingerprint density at radius 2 is 1.80 bits per heavy atom. The number of nitro groups is 1. The van der Waals surface area contributed by atoms with Gasteiger partial charge in [-0.1, -0.05) is 0 Å². The van der Waals surface area contributed by atoms with Gasteiger partial charge in [-0.3, -0.25) is 24.5 Å². The molecule has 20 heavy (non-hydrogen) atoms. The third kappa shape index (κ3) is 3.71. The van der Waals surface area contributed by atoms with E-state index in [2.05, 4.69) is 4.74 Å². The Morgan fingerprint density at radius 1 is 1.25 bits per heavy atom. The first-order chi connectivity index (χ1) is 9.36. The van der Waals surface area contributed by atoms with Gasteiger partial charge in [0.15, 0.2) is 11.6 Å². The highest BCUT2D eigenvalue weighted by Gasteiger charge is 2.25. The molecular formula is C13H13NO6. The molecule has 1 rings (SSSR count). The highest BCUT2D eigenvalue weighted by Crippen LogP contribution is 2.16. The summed E-state index contributed by atoms with van der Waals surface area (Å²) in [5.41, 5.74) is 0.0383. The number of ether oxygens (including phenoxy) is 1. The van der Waals surface area contributed by atoms with Crippen LogP contribution >= 0.6 is 0 Å². The van der Waals surface area contributed by atoms with Crippen molar-refractivity contribution in [1.29, 1.82) is 0 Å². The number of hydrogen-bond donors (Lipinski definition) is 0. The highest BCUT2D eigenvalue weighted by molar-refractivity contribution is 6.13. The van der Waals surface area contributed by atoms with Crippen molar-refractivity contribution < 1.29 is 24.0 Å². The third-order valence-electron chi connectivity index (χ3n) is 2.79. The van der Waals surface area contributed by atoms with Crippen LogP contribution in [0.5, 0.6) is 0 Å². The fraction of sp³-hybridized carbons (Fsp3) is 0.308. The van der Waals surface area contributed by atoms with Crippen molar-refractivity contribution in [2.24, 2.45) is 5.92 Å². The molecule has 1 aromatic rings. The molecule has 0 aromatic heterocycles. The van der Waals surface area contributed by atoms with Gasteiger partial charge in [-0.05, 0) is 19.1 Å². The lowest BCUT2D eigenvalue weighted by Gasteiger charge is -2.08. The average molecular weight is 279 g/mol. The zero-order valence-corrected chi connectivity index (χ0v) is 11.0. The van der Waals surface area contributed by atoms with Crippen molar-refractivity contribution in [3.8, 4) is 0 Å². The molecule has 7 heteroatoms. The first kappa shape index (κ1) is 15.5. The maximum atomic E-state index is 12.0. The van der Waals surface area contributed by atoms with Crippen LogP contribution in [0.4, 0.5) is 5.69 Å². The predicted octanol–water partition coefficient (Wildman–Crippen LogP) is 1.55. The van der Waals surface area contributed by atoms with Crippen LogP contribution in [-0.4, -0.2) is 29.6 Å². The summed E-state index contributed by atoms with van der Waals surface area (Å²) in [5, 5.41) is 10.5. The number of methoxy groups -OCH3 is 1. The van der Waals surface area contributed by atoms with Crippen molar-refractivity contribution in [3.63, 3.8) is 0 Å². The molecule has 0 saturated heterocycles. The maximum Gasteiger partial charge on any atom is 0.313 e. The van der Waals surface area contributed by atoms with E-state index in [4.69, 9.17) is 0 Å². The van der Waals surface area contributed by atoms with Crippen LogP contribution in [-0.2, 0) is 14.3 Å². The molecule has 0 heterocycles. The summed E-state index contributed by atoms with van der Waals surface area (Å²) in [4.78, 5) is 44.6. The minimum Gasteiger partial charge on any atom is -0.469 e. The summed E-state index contributed by atoms with van der Waals surface area (Å²) in [6, 6.07) is 4.93. The molecule has 0 spiro atoms. The Kier molecular flexibility index (Phi) is 5.08. The fourth-order valence-electron chi connectivity index (χ4n) is 1.51. The minimum atomic E-state index is -1.00. The first-order valence-electron chi connectivity index (χ1n) is 5.75. The second kappa shape index (κ2) is 6.55. The molecule has 0 bridgehead atoms. The summed E-state index contributed by atoms with van der Waals surface area (Å²) in [6.45, 7) is 1.38. The Balaban J connectivity index is 2.81. The van der Waals surface area contributed by atoms with Crippen molar-refractivity contribution in [3.05, 3.63) is 39.9 Å². The lowest BCUT2D eigenvalue weighted by atomic mass is 9.94. The number of rotatable bonds is 6. The van der Waals surface area contributed by atoms with Gasteiger partial charge in [0, 0.05) is 17.7 Å². The summed E-state index contributed by atoms with van der Waals surface area (Å²) in [6.07, 6.45) is -0.476. The maximum absolute atomic E-state index is 12.0. The van der Waals surface area contributed by atoms with E-state index < -0.39 is 34.8 Å². The largest absolute Gasteiger partial charge is 0.469 e. The summed E-state index contributed by atoms with van der Waals surface area (Å²) >= 11 is 0. The average Bonchev–Trinajstić information content (AvgIpc) is 2.45. The smallest absolute Gasteiger partial charge is 0.313 e. The molecule has 1 atom stereocenters. The van der Waals surface area contributed by atoms with Gasteiger partial charge in [0.25, 0.3) is 5.69 Å². The van der Waals surface area contributed by atoms with E-state index >= 15 is 0 Å². The number of non-ortho nitro benzene ring substituents is 1. The quantitative estimate of drug-likeness (QED) is 0.257. The van der Waals surface area contributed by atoms with Crippen LogP contribution in [0.15, 0.2) is 24.3 Å². The Bertz CT molecular complexity index is 548. The third-order valence-corrected chi connectivity index (χ3v) is 2.79. The van der Waals surface area contributed by atoms with Gasteiger partial charge in [-0.25, -0.2) is 0 Å². The zero-order chi connectivity index (χ0) is 15.3. The number of ketones is 2. The summed E-state index contributed by atoms with van der Waals surface area (Å²) in [5.74, 6) is -2.76. The molecule has 0 N–H and O–H groups in total. The van der Waals surface area contributed by atoms with Gasteiger partial charge in [0.1, 0.15) is 6.42 Å². The zero-order valence-electron chi connectivity index (χ0n) is 11.0. The number of carbonyl (C=O) groups is 3. The van der Waals surface area contributed by atoms with Crippen LogP contribution in [0.3, 0.4) is 0 Å². The molecule has 106 valence electrons. The molecule has 0 aliphatic heterocycles. The predicted molar refractivity (Wildman–Crippen MR) is 68.2 cm³/mol. The highest BCUT2D eigenvalue weighted by atomic mass is 16.6. The van der Waals surface area contributed by atoms with Crippen LogP contribution in [0, 0.1) is 16.0 Å². The van der Waals surface area contributed by atoms with Crippen LogP contribution in [0.25, 0.3) is 0 Å². The van der Waals surface area contributed by atoms with E-state index in [1.807, 2.05) is 0 Å². The topological polar surface area (TPSA) is 104 Å². The Labute approximate surface area is 114 Å². The molecule has 0 saturated carbocycles. The first-order valence-corrected chi connectivity index (χ1v) is 5.75. The van der Waals surface area contributed by atoms with Gasteiger partial charge in [0.05, 0.1) is 18.0 Å². The second-order valence-electron chi connectivity index (χ2n) is 4.11. The van der Waals surface area contributed by atoms with E-state index in [-0.39, 0.29) is 11.3 Å². The molecule has 1 aromatic carbocycles. The van der Waals surface area contributed by atoms with Crippen LogP contribution in [0.2, 0.25) is 0 Å². The lowest BCUT2D eigenvalue weighted by molar-refractivity contribution is -0.384. The molecule has 0 amide bonds. The molecule has 0 aliphatic rings. The number of carbonyl (C=O) groups excluding carboxylic acids is 3. The molecule has 0 aliphatic carbocycles.